The third-order valence-electron chi connectivity index (χ3n) is 3.45. The molecule has 0 aliphatic carbocycles. The molecule has 0 atom stereocenters. The van der Waals surface area contributed by atoms with Gasteiger partial charge >= 0.3 is 131 Å². The van der Waals surface area contributed by atoms with Crippen molar-refractivity contribution in [2.24, 2.45) is 11.5 Å². The molecule has 23 heavy (non-hydrogen) atoms. The first-order valence-electron chi connectivity index (χ1n) is 6.69. The molecule has 0 bridgehead atoms. The first-order chi connectivity index (χ1) is 10.9. The zero-order valence-corrected chi connectivity index (χ0v) is 12.9. The number of carbonyl (C=O) groups is 2. The van der Waals surface area contributed by atoms with Gasteiger partial charge in [-0.15, -0.1) is 0 Å². The van der Waals surface area contributed by atoms with E-state index in [0.717, 1.165) is 5.56 Å². The van der Waals surface area contributed by atoms with Crippen molar-refractivity contribution in [3.05, 3.63) is 48.5 Å². The predicted octanol–water partition coefficient (Wildman–Crippen LogP) is 0.822. The number of hydrogen-bond donors (Lipinski definition) is 4. The van der Waals surface area contributed by atoms with E-state index in [1.165, 1.54) is 0 Å². The van der Waals surface area contributed by atoms with E-state index in [1.54, 1.807) is 36.4 Å². The Bertz CT molecular complexity index is 800. The third kappa shape index (κ3) is 2.44. The Balaban J connectivity index is 2.20. The van der Waals surface area contributed by atoms with E-state index in [2.05, 4.69) is 0 Å². The standard InChI is InChI=1S/C14H15N4O4P/c15-13(19)17-18(14(16)20)23(21)12-8-4-2-6-10(12)9-5-1-3-7-11(9)22-23/h1-8,21,23H,(H2,16,20)(H3,15,17,19). The Morgan fingerprint density at radius 3 is 2.30 bits per heavy atom. The predicted molar refractivity (Wildman–Crippen MR) is 86.8 cm³/mol. The molecular formula is C14H15N4O4P. The van der Waals surface area contributed by atoms with E-state index in [1.807, 2.05) is 17.6 Å². The van der Waals surface area contributed by atoms with Crippen LogP contribution >= 0.6 is 7.87 Å². The monoisotopic (exact) mass is 334 g/mol. The number of benzene rings is 2. The normalized spacial score (nSPS) is 15.3. The van der Waals surface area contributed by atoms with Crippen LogP contribution in [0.25, 0.3) is 11.1 Å². The Morgan fingerprint density at radius 2 is 1.65 bits per heavy atom. The van der Waals surface area contributed by atoms with Crippen LogP contribution in [0.3, 0.4) is 0 Å². The molecule has 120 valence electrons. The molecule has 0 aromatic heterocycles. The number of nitrogens with two attached hydrogens (primary N) is 2. The van der Waals surface area contributed by atoms with Crippen molar-refractivity contribution < 1.29 is 19.0 Å². The van der Waals surface area contributed by atoms with Crippen molar-refractivity contribution in [2.75, 3.05) is 0 Å². The number of para-hydroxylation sites is 1. The molecule has 9 heteroatoms. The molecule has 3 rings (SSSR count). The van der Waals surface area contributed by atoms with Crippen LogP contribution in [0.1, 0.15) is 0 Å². The second kappa shape index (κ2) is 5.42. The van der Waals surface area contributed by atoms with E-state index in [9.17, 15) is 14.5 Å². The first kappa shape index (κ1) is 15.1. The van der Waals surface area contributed by atoms with Crippen molar-refractivity contribution in [3.63, 3.8) is 0 Å². The van der Waals surface area contributed by atoms with Crippen LogP contribution < -0.4 is 26.7 Å². The minimum atomic E-state index is -4.12. The molecule has 0 spiro atoms. The van der Waals surface area contributed by atoms with Gasteiger partial charge < -0.3 is 0 Å². The molecular weight excluding hydrogens is 319 g/mol. The molecule has 0 saturated heterocycles. The van der Waals surface area contributed by atoms with E-state index in [0.29, 0.717) is 21.4 Å². The van der Waals surface area contributed by atoms with Gasteiger partial charge in [0.15, 0.2) is 0 Å². The molecule has 2 aromatic rings. The van der Waals surface area contributed by atoms with Crippen LogP contribution in [0.15, 0.2) is 48.5 Å². The van der Waals surface area contributed by atoms with Gasteiger partial charge in [-0.05, 0) is 0 Å². The third-order valence-corrected chi connectivity index (χ3v) is 6.03. The minimum absolute atomic E-state index is 0.381. The SMILES string of the molecule is NC(=O)NN(C(N)=O)[PH]1(O)Oc2ccccc2-c2ccccc21. The van der Waals surface area contributed by atoms with Gasteiger partial charge in [-0.2, -0.15) is 0 Å². The molecule has 0 saturated carbocycles. The van der Waals surface area contributed by atoms with Crippen molar-refractivity contribution in [3.8, 4) is 16.9 Å². The van der Waals surface area contributed by atoms with Crippen molar-refractivity contribution in [1.82, 2.24) is 10.2 Å². The fourth-order valence-corrected chi connectivity index (χ4v) is 4.91. The summed E-state index contributed by atoms with van der Waals surface area (Å²) < 4.78 is 6.31. The molecule has 1 aliphatic heterocycles. The number of primary amides is 2. The summed E-state index contributed by atoms with van der Waals surface area (Å²) in [5.41, 5.74) is 13.9. The number of fused-ring (bicyclic) bond motifs is 3. The molecule has 0 unspecified atom stereocenters. The van der Waals surface area contributed by atoms with Crippen LogP contribution in [-0.2, 0) is 0 Å². The zero-order chi connectivity index (χ0) is 16.6. The number of amides is 4. The Morgan fingerprint density at radius 1 is 1.04 bits per heavy atom. The molecule has 8 nitrogen and oxygen atoms in total. The topological polar surface area (TPSA) is 131 Å². The van der Waals surface area contributed by atoms with Crippen molar-refractivity contribution in [1.29, 1.82) is 0 Å². The molecule has 4 amide bonds. The van der Waals surface area contributed by atoms with Gasteiger partial charge in [0, 0.05) is 0 Å². The van der Waals surface area contributed by atoms with Crippen LogP contribution in [-0.4, -0.2) is 21.7 Å². The second-order valence-electron chi connectivity index (χ2n) is 4.90. The molecule has 1 aliphatic rings. The molecule has 6 N–H and O–H groups in total. The summed E-state index contributed by atoms with van der Waals surface area (Å²) in [6, 6.07) is 11.8. The quantitative estimate of drug-likeness (QED) is 0.454. The van der Waals surface area contributed by atoms with E-state index >= 15 is 0 Å². The summed E-state index contributed by atoms with van der Waals surface area (Å²) in [7, 11) is -4.12. The second-order valence-corrected chi connectivity index (χ2v) is 7.31. The van der Waals surface area contributed by atoms with Gasteiger partial charge in [0.25, 0.3) is 0 Å². The first-order valence-corrected chi connectivity index (χ1v) is 8.50. The van der Waals surface area contributed by atoms with Gasteiger partial charge in [0.05, 0.1) is 0 Å². The Kier molecular flexibility index (Phi) is 3.55. The fraction of sp³-hybridized carbons (Fsp3) is 0. The maximum atomic E-state index is 11.7. The number of carbonyl (C=O) groups excluding carboxylic acids is 2. The van der Waals surface area contributed by atoms with E-state index in [4.69, 9.17) is 16.0 Å². The molecule has 2 aromatic carbocycles. The fourth-order valence-electron chi connectivity index (χ4n) is 2.54. The van der Waals surface area contributed by atoms with Crippen molar-refractivity contribution >= 4 is 25.2 Å². The Labute approximate surface area is 132 Å². The van der Waals surface area contributed by atoms with E-state index in [-0.39, 0.29) is 0 Å². The Hall–Kier alpha value is -2.83. The molecule has 0 radical (unpaired) electrons. The van der Waals surface area contributed by atoms with Crippen LogP contribution in [0, 0.1) is 0 Å². The summed E-state index contributed by atoms with van der Waals surface area (Å²) in [5.74, 6) is 0.387. The van der Waals surface area contributed by atoms with Crippen LogP contribution in [0.4, 0.5) is 9.59 Å². The summed E-state index contributed by atoms with van der Waals surface area (Å²) in [4.78, 5) is 34.0. The van der Waals surface area contributed by atoms with Gasteiger partial charge in [0.2, 0.25) is 0 Å². The average molecular weight is 334 g/mol. The summed E-state index contributed by atoms with van der Waals surface area (Å²) >= 11 is 0. The van der Waals surface area contributed by atoms with Crippen LogP contribution in [0.5, 0.6) is 5.75 Å². The van der Waals surface area contributed by atoms with Gasteiger partial charge in [-0.25, -0.2) is 0 Å². The summed E-state index contributed by atoms with van der Waals surface area (Å²) in [6.45, 7) is 0. The number of nitrogens with zero attached hydrogens (tertiary/aromatic N) is 1. The van der Waals surface area contributed by atoms with Crippen molar-refractivity contribution in [2.45, 2.75) is 0 Å². The van der Waals surface area contributed by atoms with E-state index < -0.39 is 19.9 Å². The average Bonchev–Trinajstić information content (AvgIpc) is 2.52. The van der Waals surface area contributed by atoms with Gasteiger partial charge in [0.1, 0.15) is 0 Å². The maximum absolute atomic E-state index is 11.7. The summed E-state index contributed by atoms with van der Waals surface area (Å²) in [5, 5.41) is 0.381. The number of nitrogens with one attached hydrogen (secondary N) is 1. The van der Waals surface area contributed by atoms with Crippen LogP contribution in [0.2, 0.25) is 0 Å². The number of rotatable bonds is 1. The number of hydrazine groups is 1. The number of urea groups is 2. The molecule has 1 heterocycles. The van der Waals surface area contributed by atoms with Gasteiger partial charge in [-0.1, -0.05) is 0 Å². The van der Waals surface area contributed by atoms with Gasteiger partial charge in [-0.3, -0.25) is 0 Å². The summed E-state index contributed by atoms with van der Waals surface area (Å²) in [6.07, 6.45) is 0. The zero-order valence-electron chi connectivity index (χ0n) is 11.9. The number of hydrogen-bond acceptors (Lipinski definition) is 4. The molecule has 0 fully saturated rings.